The van der Waals surface area contributed by atoms with Crippen molar-refractivity contribution >= 4 is 34.6 Å². The molecule has 6 rings (SSSR count). The molecule has 4 heterocycles. The van der Waals surface area contributed by atoms with Gasteiger partial charge in [-0.1, -0.05) is 39.8 Å². The lowest BCUT2D eigenvalue weighted by Crippen LogP contribution is -2.62. The Morgan fingerprint density at radius 1 is 1.13 bits per heavy atom. The number of aromatic nitrogens is 2. The molecule has 4 N–H and O–H groups in total. The Balaban J connectivity index is 1.49. The molecule has 0 unspecified atom stereocenters. The number of methoxy groups -OCH3 is 1. The van der Waals surface area contributed by atoms with Gasteiger partial charge in [0.1, 0.15) is 23.9 Å². The fraction of sp³-hybridized carbons (Fsp3) is 0.500. The van der Waals surface area contributed by atoms with Gasteiger partial charge in [-0.05, 0) is 97.3 Å². The van der Waals surface area contributed by atoms with Crippen LogP contribution in [0.5, 0.6) is 5.75 Å². The number of carbonyl (C=O) groups excluding carboxylic acids is 4. The third-order valence-corrected chi connectivity index (χ3v) is 11.6. The normalized spacial score (nSPS) is 18.9. The number of rotatable bonds is 11. The Morgan fingerprint density at radius 2 is 1.92 bits per heavy atom. The summed E-state index contributed by atoms with van der Waals surface area (Å²) in [6.45, 7) is 12.0. The van der Waals surface area contributed by atoms with Gasteiger partial charge in [0, 0.05) is 80.9 Å². The average molecular weight is 824 g/mol. The summed E-state index contributed by atoms with van der Waals surface area (Å²) in [5.41, 5.74) is 9.88. The molecule has 0 spiro atoms. The van der Waals surface area contributed by atoms with Gasteiger partial charge in [-0.15, -0.1) is 0 Å². The molecular weight excluding hydrogens is 763 g/mol. The van der Waals surface area contributed by atoms with Crippen LogP contribution in [0.4, 0.5) is 0 Å². The number of benzene rings is 2. The maximum Gasteiger partial charge on any atom is 0.324 e. The summed E-state index contributed by atoms with van der Waals surface area (Å²) in [4.78, 5) is 61.6. The number of ether oxygens (including phenoxy) is 2. The van der Waals surface area contributed by atoms with Crippen LogP contribution in [0.3, 0.4) is 0 Å². The predicted molar refractivity (Wildman–Crippen MR) is 231 cm³/mol. The zero-order valence-corrected chi connectivity index (χ0v) is 36.3. The molecule has 3 amide bonds. The number of amides is 3. The number of esters is 1. The number of carbonyl (C=O) groups is 4. The van der Waals surface area contributed by atoms with Gasteiger partial charge in [-0.2, -0.15) is 0 Å². The fourth-order valence-corrected chi connectivity index (χ4v) is 8.68. The summed E-state index contributed by atoms with van der Waals surface area (Å²) in [6.07, 6.45) is 5.45. The van der Waals surface area contributed by atoms with Crippen LogP contribution in [0.1, 0.15) is 70.6 Å². The second-order valence-corrected chi connectivity index (χ2v) is 17.2. The highest BCUT2D eigenvalue weighted by Crippen LogP contribution is 2.41. The largest absolute Gasteiger partial charge is 0.508 e. The summed E-state index contributed by atoms with van der Waals surface area (Å²) in [5.74, 6) is -1.84. The highest BCUT2D eigenvalue weighted by Gasteiger charge is 2.37. The van der Waals surface area contributed by atoms with Gasteiger partial charge in [0.25, 0.3) is 5.91 Å². The Kier molecular flexibility index (Phi) is 14.0. The van der Waals surface area contributed by atoms with E-state index in [-0.39, 0.29) is 37.0 Å². The number of fused-ring (bicyclic) bond motifs is 6. The molecule has 60 heavy (non-hydrogen) atoms. The second-order valence-electron chi connectivity index (χ2n) is 17.2. The van der Waals surface area contributed by atoms with Crippen LogP contribution in [0.2, 0.25) is 0 Å². The van der Waals surface area contributed by atoms with Crippen molar-refractivity contribution in [2.75, 3.05) is 40.9 Å². The van der Waals surface area contributed by atoms with Crippen LogP contribution in [-0.4, -0.2) is 107 Å². The number of nitrogens with one attached hydrogen (secondary N) is 3. The number of likely N-dealkylation sites (N-methyl/N-ethyl adjacent to an activating group) is 1. The number of pyridine rings is 1. The van der Waals surface area contributed by atoms with Crippen molar-refractivity contribution < 1.29 is 33.8 Å². The summed E-state index contributed by atoms with van der Waals surface area (Å²) in [7, 11) is 5.04. The van der Waals surface area contributed by atoms with Gasteiger partial charge in [0.2, 0.25) is 11.8 Å². The Hall–Kier alpha value is -5.31. The van der Waals surface area contributed by atoms with Crippen molar-refractivity contribution in [1.29, 1.82) is 0 Å². The van der Waals surface area contributed by atoms with Crippen LogP contribution < -0.4 is 16.1 Å². The molecule has 14 heteroatoms. The molecule has 1 fully saturated rings. The number of hydrogen-bond acceptors (Lipinski definition) is 10. The summed E-state index contributed by atoms with van der Waals surface area (Å²) in [5, 5.41) is 19.6. The minimum atomic E-state index is -1.11. The van der Waals surface area contributed by atoms with Crippen molar-refractivity contribution in [3.63, 3.8) is 0 Å². The Morgan fingerprint density at radius 3 is 2.63 bits per heavy atom. The second kappa shape index (κ2) is 18.9. The molecule has 3 atom stereocenters. The first-order valence-electron chi connectivity index (χ1n) is 21.0. The van der Waals surface area contributed by atoms with Gasteiger partial charge in [-0.3, -0.25) is 29.2 Å². The molecule has 0 saturated carbocycles. The minimum Gasteiger partial charge on any atom is -0.508 e. The first-order valence-corrected chi connectivity index (χ1v) is 21.0. The van der Waals surface area contributed by atoms with E-state index < -0.39 is 41.3 Å². The Bertz CT molecular complexity index is 2220. The van der Waals surface area contributed by atoms with Gasteiger partial charge in [-0.25, -0.2) is 5.43 Å². The van der Waals surface area contributed by atoms with Crippen LogP contribution in [0, 0.1) is 11.3 Å². The smallest absolute Gasteiger partial charge is 0.324 e. The minimum absolute atomic E-state index is 0.0103. The molecule has 2 aliphatic heterocycles. The lowest BCUT2D eigenvalue weighted by Gasteiger charge is -2.36. The quantitative estimate of drug-likeness (QED) is 0.152. The lowest BCUT2D eigenvalue weighted by molar-refractivity contribution is -0.155. The molecule has 322 valence electrons. The van der Waals surface area contributed by atoms with E-state index in [1.165, 1.54) is 9.91 Å². The van der Waals surface area contributed by atoms with Crippen LogP contribution in [0.25, 0.3) is 33.3 Å². The third-order valence-electron chi connectivity index (χ3n) is 11.6. The monoisotopic (exact) mass is 823 g/mol. The van der Waals surface area contributed by atoms with Gasteiger partial charge < -0.3 is 34.7 Å². The molecule has 4 aromatic rings. The van der Waals surface area contributed by atoms with Crippen molar-refractivity contribution in [1.82, 2.24) is 35.5 Å². The van der Waals surface area contributed by atoms with Gasteiger partial charge >= 0.3 is 5.97 Å². The van der Waals surface area contributed by atoms with E-state index in [2.05, 4.69) is 58.5 Å². The van der Waals surface area contributed by atoms with E-state index in [4.69, 9.17) is 9.47 Å². The predicted octanol–water partition coefficient (Wildman–Crippen LogP) is 4.98. The van der Waals surface area contributed by atoms with E-state index in [0.29, 0.717) is 51.1 Å². The van der Waals surface area contributed by atoms with Crippen molar-refractivity contribution in [3.05, 3.63) is 71.5 Å². The average Bonchev–Trinajstić information content (AvgIpc) is 3.52. The van der Waals surface area contributed by atoms with Crippen LogP contribution >= 0.6 is 0 Å². The summed E-state index contributed by atoms with van der Waals surface area (Å²) < 4.78 is 14.0. The van der Waals surface area contributed by atoms with Crippen molar-refractivity contribution in [3.8, 4) is 28.1 Å². The molecule has 14 nitrogen and oxygen atoms in total. The molecule has 0 aliphatic carbocycles. The van der Waals surface area contributed by atoms with E-state index in [1.54, 1.807) is 39.5 Å². The number of cyclic esters (lactones) is 1. The molecule has 2 aromatic carbocycles. The molecule has 2 aromatic heterocycles. The number of phenolic OH excluding ortho intramolecular Hbond substituents is 1. The summed E-state index contributed by atoms with van der Waals surface area (Å²) in [6, 6.07) is 10.7. The van der Waals surface area contributed by atoms with Crippen LogP contribution in [0.15, 0.2) is 54.9 Å². The molecule has 0 radical (unpaired) electrons. The maximum absolute atomic E-state index is 14.5. The van der Waals surface area contributed by atoms with Gasteiger partial charge in [0.05, 0.1) is 18.9 Å². The zero-order chi connectivity index (χ0) is 43.3. The fourth-order valence-electron chi connectivity index (χ4n) is 8.68. The number of hydrazine groups is 1. The number of nitrogens with zero attached hydrogens (tertiary/aromatic N) is 4. The molecule has 1 saturated heterocycles. The maximum atomic E-state index is 14.5. The van der Waals surface area contributed by atoms with E-state index in [0.717, 1.165) is 44.4 Å². The standard InChI is InChI=1S/C46H61N7O7/c1-9-52-39-13-12-30-23-34(39)35(42(52)36-25-48-17-14-31(36)26-59-8)24-46(4,5)27-60-45(58)37-11-10-18-53(50-37)44(57)38(21-29-19-32(30)22-33(54)20-29)49-43(56)41(28(2)3)51(7)40(55)15-16-47-6/h12-14,17,19-20,22-23,25,28,37-38,41,47,50,54H,9-11,15-16,18,21,24,26-27H2,1-8H3,(H,49,56)/t37-,38-,41-/m0/s1. The molecular formula is C46H61N7O7. The summed E-state index contributed by atoms with van der Waals surface area (Å²) >= 11 is 0. The highest BCUT2D eigenvalue weighted by molar-refractivity contribution is 5.96. The number of aryl methyl sites for hydroxylation is 1. The van der Waals surface area contributed by atoms with Crippen LogP contribution in [-0.2, 0) is 54.6 Å². The SMILES string of the molecule is CCn1c(-c2cnccc2COC)c2c3cc(ccc31)-c1cc(O)cc(c1)C[C@H](NC(=O)[C@H](C(C)C)N(C)C(=O)CCNC)C(=O)N1CCC[C@H](N1)C(=O)OCC(C)(C)C2. The third kappa shape index (κ3) is 9.66. The van der Waals surface area contributed by atoms with Crippen molar-refractivity contribution in [2.24, 2.45) is 11.3 Å². The van der Waals surface area contributed by atoms with Crippen molar-refractivity contribution in [2.45, 2.75) is 98.0 Å². The molecule has 2 aliphatic rings. The number of hydrogen-bond donors (Lipinski definition) is 4. The number of phenols is 1. The first-order chi connectivity index (χ1) is 28.7. The molecule has 6 bridgehead atoms. The zero-order valence-electron chi connectivity index (χ0n) is 36.3. The van der Waals surface area contributed by atoms with Gasteiger partial charge in [0.15, 0.2) is 0 Å². The lowest BCUT2D eigenvalue weighted by atomic mass is 9.84. The van der Waals surface area contributed by atoms with E-state index in [9.17, 15) is 24.3 Å². The number of aromatic hydroxyl groups is 1. The van der Waals surface area contributed by atoms with E-state index >= 15 is 0 Å². The first kappa shape index (κ1) is 44.2. The van der Waals surface area contributed by atoms with E-state index in [1.807, 2.05) is 38.2 Å². The Labute approximate surface area is 353 Å². The topological polar surface area (TPSA) is 167 Å². The highest BCUT2D eigenvalue weighted by atomic mass is 16.5.